The molecule has 21 heavy (non-hydrogen) atoms. The van der Waals surface area contributed by atoms with Crippen LogP contribution in [-0.4, -0.2) is 10.2 Å². The van der Waals surface area contributed by atoms with Crippen LogP contribution in [-0.2, 0) is 0 Å². The molecule has 2 aromatic rings. The van der Waals surface area contributed by atoms with E-state index in [1.807, 2.05) is 18.2 Å². The summed E-state index contributed by atoms with van der Waals surface area (Å²) in [6.45, 7) is 0. The quantitative estimate of drug-likeness (QED) is 0.772. The summed E-state index contributed by atoms with van der Waals surface area (Å²) in [6, 6.07) is 10.2. The third-order valence-electron chi connectivity index (χ3n) is 5.79. The molecule has 0 N–H and O–H groups in total. The molecule has 0 spiro atoms. The maximum Gasteiger partial charge on any atom is 0.139 e. The van der Waals surface area contributed by atoms with Crippen LogP contribution in [0.1, 0.15) is 46.1 Å². The molecule has 2 nitrogen and oxygen atoms in total. The molecular formula is C17H17ClN2S. The lowest BCUT2D eigenvalue weighted by Crippen LogP contribution is -1.96. The molecule has 3 aliphatic carbocycles. The van der Waals surface area contributed by atoms with Gasteiger partial charge in [0.05, 0.1) is 0 Å². The SMILES string of the molecule is ClC(c1ccccc1)c1nnc(C2C3C4CCC(C4)C23)s1. The second-order valence-corrected chi connectivity index (χ2v) is 8.24. The number of aromatic nitrogens is 2. The van der Waals surface area contributed by atoms with Crippen molar-refractivity contribution in [3.63, 3.8) is 0 Å². The second-order valence-electron chi connectivity index (χ2n) is 6.77. The lowest BCUT2D eigenvalue weighted by molar-refractivity contribution is 0.456. The van der Waals surface area contributed by atoms with Gasteiger partial charge in [-0.2, -0.15) is 0 Å². The molecule has 5 unspecified atom stereocenters. The maximum absolute atomic E-state index is 6.57. The van der Waals surface area contributed by atoms with Gasteiger partial charge in [0.1, 0.15) is 15.4 Å². The fraction of sp³-hybridized carbons (Fsp3) is 0.529. The standard InChI is InChI=1S/C17H17ClN2S/c18-15(9-4-2-1-3-5-9)17-20-19-16(21-17)14-12-10-6-7-11(8-10)13(12)14/h1-5,10-15H,6-8H2. The Hall–Kier alpha value is -0.930. The van der Waals surface area contributed by atoms with Crippen LogP contribution in [0.15, 0.2) is 30.3 Å². The van der Waals surface area contributed by atoms with Gasteiger partial charge in [-0.3, -0.25) is 0 Å². The molecule has 3 fully saturated rings. The lowest BCUT2D eigenvalue weighted by Gasteiger charge is -2.05. The molecular weight excluding hydrogens is 300 g/mol. The number of halogens is 1. The number of alkyl halides is 1. The summed E-state index contributed by atoms with van der Waals surface area (Å²) in [5, 5.41) is 10.9. The maximum atomic E-state index is 6.57. The summed E-state index contributed by atoms with van der Waals surface area (Å²) in [4.78, 5) is 0. The van der Waals surface area contributed by atoms with Crippen molar-refractivity contribution < 1.29 is 0 Å². The van der Waals surface area contributed by atoms with Crippen molar-refractivity contribution in [3.8, 4) is 0 Å². The van der Waals surface area contributed by atoms with Crippen molar-refractivity contribution in [2.75, 3.05) is 0 Å². The van der Waals surface area contributed by atoms with Crippen LogP contribution >= 0.6 is 22.9 Å². The molecule has 3 aliphatic rings. The Labute approximate surface area is 133 Å². The van der Waals surface area contributed by atoms with Crippen molar-refractivity contribution in [1.82, 2.24) is 10.2 Å². The Morgan fingerprint density at radius 3 is 2.48 bits per heavy atom. The Bertz CT molecular complexity index is 654. The summed E-state index contributed by atoms with van der Waals surface area (Å²) in [5.74, 6) is 4.53. The Morgan fingerprint density at radius 2 is 1.76 bits per heavy atom. The Morgan fingerprint density at radius 1 is 1.05 bits per heavy atom. The van der Waals surface area contributed by atoms with Crippen molar-refractivity contribution >= 4 is 22.9 Å². The fourth-order valence-electron chi connectivity index (χ4n) is 4.90. The minimum absolute atomic E-state index is 0.159. The monoisotopic (exact) mass is 316 g/mol. The molecule has 2 bridgehead atoms. The van der Waals surface area contributed by atoms with Gasteiger partial charge in [0.25, 0.3) is 0 Å². The minimum Gasteiger partial charge on any atom is -0.143 e. The van der Waals surface area contributed by atoms with Crippen molar-refractivity contribution in [1.29, 1.82) is 0 Å². The highest BCUT2D eigenvalue weighted by molar-refractivity contribution is 7.11. The molecule has 1 aromatic heterocycles. The number of nitrogens with zero attached hydrogens (tertiary/aromatic N) is 2. The van der Waals surface area contributed by atoms with Gasteiger partial charge in [-0.1, -0.05) is 41.7 Å². The highest BCUT2D eigenvalue weighted by Gasteiger charge is 2.66. The summed E-state index contributed by atoms with van der Waals surface area (Å²) >= 11 is 8.31. The number of benzene rings is 1. The van der Waals surface area contributed by atoms with E-state index in [-0.39, 0.29) is 5.38 Å². The van der Waals surface area contributed by atoms with E-state index in [0.717, 1.165) is 34.2 Å². The van der Waals surface area contributed by atoms with E-state index < -0.39 is 0 Å². The van der Waals surface area contributed by atoms with Crippen LogP contribution in [0.5, 0.6) is 0 Å². The zero-order valence-corrected chi connectivity index (χ0v) is 13.2. The summed E-state index contributed by atoms with van der Waals surface area (Å²) in [5.41, 5.74) is 1.11. The fourth-order valence-corrected chi connectivity index (χ4v) is 6.29. The van der Waals surface area contributed by atoms with Gasteiger partial charge in [0.2, 0.25) is 0 Å². The van der Waals surface area contributed by atoms with Gasteiger partial charge < -0.3 is 0 Å². The van der Waals surface area contributed by atoms with Gasteiger partial charge in [0, 0.05) is 5.92 Å². The molecule has 0 amide bonds. The third kappa shape index (κ3) is 1.83. The first kappa shape index (κ1) is 12.6. The molecule has 3 saturated carbocycles. The van der Waals surface area contributed by atoms with E-state index in [1.54, 1.807) is 11.3 Å². The van der Waals surface area contributed by atoms with Gasteiger partial charge >= 0.3 is 0 Å². The van der Waals surface area contributed by atoms with Crippen molar-refractivity contribution in [2.45, 2.75) is 30.6 Å². The van der Waals surface area contributed by atoms with E-state index in [2.05, 4.69) is 22.3 Å². The molecule has 5 atom stereocenters. The number of hydrogen-bond acceptors (Lipinski definition) is 3. The molecule has 1 heterocycles. The highest BCUT2D eigenvalue weighted by Crippen LogP contribution is 2.73. The van der Waals surface area contributed by atoms with Gasteiger partial charge in [-0.05, 0) is 48.5 Å². The minimum atomic E-state index is -0.159. The third-order valence-corrected chi connectivity index (χ3v) is 7.46. The summed E-state index contributed by atoms with van der Waals surface area (Å²) in [6.07, 6.45) is 4.39. The molecule has 1 aromatic carbocycles. The van der Waals surface area contributed by atoms with Crippen LogP contribution in [0, 0.1) is 23.7 Å². The first-order valence-electron chi connectivity index (χ1n) is 7.85. The largest absolute Gasteiger partial charge is 0.143 e. The molecule has 4 heteroatoms. The average Bonchev–Trinajstić information content (AvgIpc) is 2.94. The predicted octanol–water partition coefficient (Wildman–Crippen LogP) is 4.63. The predicted molar refractivity (Wildman–Crippen MR) is 84.6 cm³/mol. The van der Waals surface area contributed by atoms with E-state index in [1.165, 1.54) is 24.3 Å². The molecule has 0 aliphatic heterocycles. The highest BCUT2D eigenvalue weighted by atomic mass is 35.5. The van der Waals surface area contributed by atoms with Crippen LogP contribution in [0.25, 0.3) is 0 Å². The van der Waals surface area contributed by atoms with Gasteiger partial charge in [-0.25, -0.2) is 0 Å². The van der Waals surface area contributed by atoms with Crippen LogP contribution < -0.4 is 0 Å². The normalized spacial score (nSPS) is 37.5. The van der Waals surface area contributed by atoms with E-state index in [4.69, 9.17) is 11.6 Å². The van der Waals surface area contributed by atoms with Gasteiger partial charge in [-0.15, -0.1) is 21.8 Å². The van der Waals surface area contributed by atoms with Crippen molar-refractivity contribution in [2.24, 2.45) is 23.7 Å². The first-order valence-corrected chi connectivity index (χ1v) is 9.10. The Balaban J connectivity index is 1.39. The zero-order chi connectivity index (χ0) is 14.0. The molecule has 5 rings (SSSR count). The molecule has 108 valence electrons. The first-order chi connectivity index (χ1) is 10.3. The van der Waals surface area contributed by atoms with E-state index in [9.17, 15) is 0 Å². The van der Waals surface area contributed by atoms with E-state index in [0.29, 0.717) is 5.92 Å². The second kappa shape index (κ2) is 4.53. The zero-order valence-electron chi connectivity index (χ0n) is 11.7. The number of rotatable bonds is 3. The molecule has 0 radical (unpaired) electrons. The number of hydrogen-bond donors (Lipinski definition) is 0. The number of fused-ring (bicyclic) bond motifs is 5. The van der Waals surface area contributed by atoms with Gasteiger partial charge in [0.15, 0.2) is 0 Å². The average molecular weight is 317 g/mol. The topological polar surface area (TPSA) is 25.8 Å². The Kier molecular flexibility index (Phi) is 2.72. The smallest absolute Gasteiger partial charge is 0.139 e. The molecule has 0 saturated heterocycles. The van der Waals surface area contributed by atoms with E-state index >= 15 is 0 Å². The summed E-state index contributed by atoms with van der Waals surface area (Å²) in [7, 11) is 0. The van der Waals surface area contributed by atoms with Crippen molar-refractivity contribution in [3.05, 3.63) is 45.9 Å². The van der Waals surface area contributed by atoms with Crippen LogP contribution in [0.3, 0.4) is 0 Å². The summed E-state index contributed by atoms with van der Waals surface area (Å²) < 4.78 is 0. The van der Waals surface area contributed by atoms with Crippen LogP contribution in [0.4, 0.5) is 0 Å². The lowest BCUT2D eigenvalue weighted by atomic mass is 10.0. The van der Waals surface area contributed by atoms with Crippen LogP contribution in [0.2, 0.25) is 0 Å².